The highest BCUT2D eigenvalue weighted by atomic mass is 16.5. The second-order valence-corrected chi connectivity index (χ2v) is 3.21. The third-order valence-electron chi connectivity index (χ3n) is 2.04. The van der Waals surface area contributed by atoms with Crippen LogP contribution in [-0.2, 0) is 0 Å². The Morgan fingerprint density at radius 2 is 2.36 bits per heavy atom. The van der Waals surface area contributed by atoms with Crippen LogP contribution in [0.15, 0.2) is 18.2 Å². The van der Waals surface area contributed by atoms with Crippen LogP contribution in [0.2, 0.25) is 0 Å². The lowest BCUT2D eigenvalue weighted by atomic mass is 10.2. The first-order valence-electron chi connectivity index (χ1n) is 4.59. The molecule has 4 heteroatoms. The maximum absolute atomic E-state index is 5.40. The number of aryl methyl sites for hydroxylation is 1. The number of fused-ring (bicyclic) bond motifs is 1. The van der Waals surface area contributed by atoms with E-state index in [0.29, 0.717) is 19.0 Å². The van der Waals surface area contributed by atoms with Crippen LogP contribution in [0.25, 0.3) is 10.9 Å². The number of aromatic nitrogens is 2. The molecule has 1 aromatic heterocycles. The van der Waals surface area contributed by atoms with Gasteiger partial charge in [0.05, 0.1) is 10.9 Å². The minimum Gasteiger partial charge on any atom is -0.475 e. The van der Waals surface area contributed by atoms with Gasteiger partial charge in [0.15, 0.2) is 0 Å². The Morgan fingerprint density at radius 1 is 1.50 bits per heavy atom. The molecule has 3 N–H and O–H groups in total. The molecule has 1 aromatic carbocycles. The van der Waals surface area contributed by atoms with E-state index in [1.54, 1.807) is 0 Å². The van der Waals surface area contributed by atoms with Gasteiger partial charge in [0.2, 0.25) is 5.88 Å². The summed E-state index contributed by atoms with van der Waals surface area (Å²) in [5.41, 5.74) is 7.54. The van der Waals surface area contributed by atoms with Crippen LogP contribution in [-0.4, -0.2) is 23.3 Å². The van der Waals surface area contributed by atoms with Crippen molar-refractivity contribution >= 4 is 10.9 Å². The monoisotopic (exact) mass is 191 g/mol. The minimum atomic E-state index is 0.494. The van der Waals surface area contributed by atoms with E-state index < -0.39 is 0 Å². The summed E-state index contributed by atoms with van der Waals surface area (Å²) in [6.07, 6.45) is 0. The van der Waals surface area contributed by atoms with Crippen molar-refractivity contribution in [3.05, 3.63) is 23.8 Å². The Hall–Kier alpha value is -1.55. The normalized spacial score (nSPS) is 10.7. The molecular weight excluding hydrogens is 178 g/mol. The molecule has 0 aliphatic carbocycles. The van der Waals surface area contributed by atoms with Gasteiger partial charge in [-0.1, -0.05) is 11.6 Å². The molecule has 1 heterocycles. The summed E-state index contributed by atoms with van der Waals surface area (Å²) in [6, 6.07) is 6.07. The molecule has 0 spiro atoms. The fourth-order valence-corrected chi connectivity index (χ4v) is 1.37. The molecule has 4 nitrogen and oxygen atoms in total. The predicted molar refractivity (Wildman–Crippen MR) is 55.4 cm³/mol. The molecule has 0 bridgehead atoms. The topological polar surface area (TPSA) is 63.9 Å². The molecule has 74 valence electrons. The summed E-state index contributed by atoms with van der Waals surface area (Å²) >= 11 is 0. The van der Waals surface area contributed by atoms with E-state index in [9.17, 15) is 0 Å². The van der Waals surface area contributed by atoms with E-state index >= 15 is 0 Å². The maximum atomic E-state index is 5.40. The quantitative estimate of drug-likeness (QED) is 0.766. The van der Waals surface area contributed by atoms with Crippen molar-refractivity contribution in [3.8, 4) is 5.88 Å². The molecule has 0 atom stereocenters. The third kappa shape index (κ3) is 1.56. The van der Waals surface area contributed by atoms with Crippen LogP contribution in [0.3, 0.4) is 0 Å². The highest BCUT2D eigenvalue weighted by Gasteiger charge is 2.05. The number of aromatic amines is 1. The van der Waals surface area contributed by atoms with Crippen LogP contribution < -0.4 is 10.5 Å². The SMILES string of the molecule is Cc1ccc2[nH]nc(OCCN)c2c1. The molecule has 2 rings (SSSR count). The van der Waals surface area contributed by atoms with Gasteiger partial charge in [-0.25, -0.2) is 0 Å². The van der Waals surface area contributed by atoms with Gasteiger partial charge in [-0.15, -0.1) is 5.10 Å². The molecule has 2 aromatic rings. The van der Waals surface area contributed by atoms with Gasteiger partial charge in [-0.2, -0.15) is 0 Å². The minimum absolute atomic E-state index is 0.494. The number of hydrogen-bond acceptors (Lipinski definition) is 3. The molecule has 0 saturated heterocycles. The molecule has 0 radical (unpaired) electrons. The molecule has 0 aliphatic heterocycles. The van der Waals surface area contributed by atoms with Crippen LogP contribution in [0.5, 0.6) is 5.88 Å². The molecule has 14 heavy (non-hydrogen) atoms. The van der Waals surface area contributed by atoms with E-state index in [4.69, 9.17) is 10.5 Å². The molecule has 0 aliphatic rings. The molecule has 0 fully saturated rings. The van der Waals surface area contributed by atoms with Gasteiger partial charge in [-0.3, -0.25) is 5.10 Å². The van der Waals surface area contributed by atoms with E-state index in [0.717, 1.165) is 10.9 Å². The number of nitrogens with two attached hydrogens (primary N) is 1. The average molecular weight is 191 g/mol. The first-order valence-corrected chi connectivity index (χ1v) is 4.59. The average Bonchev–Trinajstić information content (AvgIpc) is 2.57. The van der Waals surface area contributed by atoms with E-state index in [1.165, 1.54) is 5.56 Å². The second-order valence-electron chi connectivity index (χ2n) is 3.21. The maximum Gasteiger partial charge on any atom is 0.240 e. The lowest BCUT2D eigenvalue weighted by molar-refractivity contribution is 0.318. The van der Waals surface area contributed by atoms with Gasteiger partial charge in [0, 0.05) is 6.54 Å². The van der Waals surface area contributed by atoms with Gasteiger partial charge >= 0.3 is 0 Å². The highest BCUT2D eigenvalue weighted by Crippen LogP contribution is 2.23. The van der Waals surface area contributed by atoms with Crippen LogP contribution in [0.1, 0.15) is 5.56 Å². The lowest BCUT2D eigenvalue weighted by Gasteiger charge is -2.00. The van der Waals surface area contributed by atoms with Crippen LogP contribution in [0.4, 0.5) is 0 Å². The van der Waals surface area contributed by atoms with Crippen LogP contribution >= 0.6 is 0 Å². The number of H-pyrrole nitrogens is 1. The summed E-state index contributed by atoms with van der Waals surface area (Å²) < 4.78 is 5.40. The van der Waals surface area contributed by atoms with Crippen molar-refractivity contribution < 1.29 is 4.74 Å². The zero-order valence-electron chi connectivity index (χ0n) is 8.08. The zero-order chi connectivity index (χ0) is 9.97. The van der Waals surface area contributed by atoms with Crippen molar-refractivity contribution in [1.82, 2.24) is 10.2 Å². The highest BCUT2D eigenvalue weighted by molar-refractivity contribution is 5.84. The summed E-state index contributed by atoms with van der Waals surface area (Å²) in [5, 5.41) is 7.99. The summed E-state index contributed by atoms with van der Waals surface area (Å²) in [6.45, 7) is 3.03. The Bertz CT molecular complexity index is 436. The fraction of sp³-hybridized carbons (Fsp3) is 0.300. The summed E-state index contributed by atoms with van der Waals surface area (Å²) in [4.78, 5) is 0. The van der Waals surface area contributed by atoms with Crippen molar-refractivity contribution in [2.24, 2.45) is 5.73 Å². The number of nitrogens with zero attached hydrogens (tertiary/aromatic N) is 1. The first-order chi connectivity index (χ1) is 6.81. The fourth-order valence-electron chi connectivity index (χ4n) is 1.37. The Morgan fingerprint density at radius 3 is 3.14 bits per heavy atom. The van der Waals surface area contributed by atoms with Gasteiger partial charge in [0.25, 0.3) is 0 Å². The lowest BCUT2D eigenvalue weighted by Crippen LogP contribution is -2.10. The van der Waals surface area contributed by atoms with Gasteiger partial charge in [0.1, 0.15) is 6.61 Å². The van der Waals surface area contributed by atoms with Crippen molar-refractivity contribution in [2.75, 3.05) is 13.2 Å². The molecular formula is C10H13N3O. The smallest absolute Gasteiger partial charge is 0.240 e. The Balaban J connectivity index is 2.40. The number of benzene rings is 1. The Kier molecular flexibility index (Phi) is 2.37. The molecule has 0 amide bonds. The standard InChI is InChI=1S/C10H13N3O/c1-7-2-3-9-8(6-7)10(13-12-9)14-5-4-11/h2-3,6H,4-5,11H2,1H3,(H,12,13). The number of hydrogen-bond donors (Lipinski definition) is 2. The van der Waals surface area contributed by atoms with Gasteiger partial charge < -0.3 is 10.5 Å². The zero-order valence-corrected chi connectivity index (χ0v) is 8.08. The van der Waals surface area contributed by atoms with Crippen molar-refractivity contribution in [3.63, 3.8) is 0 Å². The number of nitrogens with one attached hydrogen (secondary N) is 1. The van der Waals surface area contributed by atoms with E-state index in [2.05, 4.69) is 10.2 Å². The third-order valence-corrected chi connectivity index (χ3v) is 2.04. The van der Waals surface area contributed by atoms with Gasteiger partial charge in [-0.05, 0) is 19.1 Å². The summed E-state index contributed by atoms with van der Waals surface area (Å²) in [5.74, 6) is 0.633. The molecule has 0 saturated carbocycles. The van der Waals surface area contributed by atoms with E-state index in [1.807, 2.05) is 25.1 Å². The second kappa shape index (κ2) is 3.67. The first kappa shape index (κ1) is 9.02. The van der Waals surface area contributed by atoms with Crippen LogP contribution in [0, 0.1) is 6.92 Å². The Labute approximate surface area is 82.1 Å². The number of ether oxygens (including phenoxy) is 1. The van der Waals surface area contributed by atoms with Crippen molar-refractivity contribution in [2.45, 2.75) is 6.92 Å². The predicted octanol–water partition coefficient (Wildman–Crippen LogP) is 1.21. The largest absolute Gasteiger partial charge is 0.475 e. The molecule has 0 unspecified atom stereocenters. The summed E-state index contributed by atoms with van der Waals surface area (Å²) in [7, 11) is 0. The van der Waals surface area contributed by atoms with Crippen molar-refractivity contribution in [1.29, 1.82) is 0 Å². The van der Waals surface area contributed by atoms with E-state index in [-0.39, 0.29) is 0 Å². The number of rotatable bonds is 3.